The fourth-order valence-corrected chi connectivity index (χ4v) is 1.64. The van der Waals surface area contributed by atoms with Gasteiger partial charge in [0.05, 0.1) is 0 Å². The van der Waals surface area contributed by atoms with Gasteiger partial charge in [-0.2, -0.15) is 0 Å². The van der Waals surface area contributed by atoms with Gasteiger partial charge >= 0.3 is 0 Å². The molecule has 2 aromatic rings. The lowest BCUT2D eigenvalue weighted by atomic mass is 10.1. The third kappa shape index (κ3) is 1.54. The van der Waals surface area contributed by atoms with E-state index in [0.717, 1.165) is 22.3 Å². The number of allylic oxidation sites excluding steroid dienone is 1. The fraction of sp³-hybridized carbons (Fsp3) is 0.0769. The minimum Gasteiger partial charge on any atom is -0.456 e. The molecule has 2 heteroatoms. The summed E-state index contributed by atoms with van der Waals surface area (Å²) in [5.74, 6) is 0.786. The van der Waals surface area contributed by atoms with Gasteiger partial charge in [-0.05, 0) is 25.1 Å². The van der Waals surface area contributed by atoms with Crippen LogP contribution in [0.3, 0.4) is 0 Å². The molecule has 0 amide bonds. The molecule has 2 nitrogen and oxygen atoms in total. The molecule has 1 aromatic carbocycles. The van der Waals surface area contributed by atoms with Gasteiger partial charge in [0.25, 0.3) is 0 Å². The smallest absolute Gasteiger partial charge is 0.137 e. The zero-order chi connectivity index (χ0) is 10.8. The predicted octanol–water partition coefficient (Wildman–Crippen LogP) is 3.69. The molecule has 0 atom stereocenters. The number of hydrogen-bond acceptors (Lipinski definition) is 2. The highest BCUT2D eigenvalue weighted by Gasteiger charge is 2.08. The average molecular weight is 199 g/mol. The first-order chi connectivity index (χ1) is 7.26. The van der Waals surface area contributed by atoms with Crippen LogP contribution >= 0.6 is 0 Å². The molecule has 1 aromatic heterocycles. The topological polar surface area (TPSA) is 39.2 Å². The van der Waals surface area contributed by atoms with Crippen molar-refractivity contribution in [2.24, 2.45) is 0 Å². The van der Waals surface area contributed by atoms with Gasteiger partial charge in [-0.1, -0.05) is 18.7 Å². The molecule has 0 spiro atoms. The minimum atomic E-state index is 0.707. The molecule has 0 aliphatic rings. The van der Waals surface area contributed by atoms with Crippen LogP contribution in [0.4, 0.5) is 5.69 Å². The lowest BCUT2D eigenvalue weighted by molar-refractivity contribution is 0.604. The van der Waals surface area contributed by atoms with Crippen molar-refractivity contribution in [3.63, 3.8) is 0 Å². The third-order valence-corrected chi connectivity index (χ3v) is 2.30. The standard InChI is InChI=1S/C13H13NO/c1-3-5-10-11-7-6-9(14)8-13(11)15-12(10)4-2/h3-8H,2,14H2,1H3/b5-3-. The van der Waals surface area contributed by atoms with E-state index in [0.29, 0.717) is 5.69 Å². The number of benzene rings is 1. The highest BCUT2D eigenvalue weighted by molar-refractivity contribution is 5.92. The SMILES string of the molecule is C=Cc1oc2cc(N)ccc2c1/C=C\C. The maximum atomic E-state index is 5.69. The second-order valence-corrected chi connectivity index (χ2v) is 3.34. The first-order valence-electron chi connectivity index (χ1n) is 4.83. The summed E-state index contributed by atoms with van der Waals surface area (Å²) in [7, 11) is 0. The van der Waals surface area contributed by atoms with Crippen molar-refractivity contribution in [1.29, 1.82) is 0 Å². The molecule has 0 aliphatic carbocycles. The summed E-state index contributed by atoms with van der Waals surface area (Å²) in [6.45, 7) is 5.71. The van der Waals surface area contributed by atoms with Crippen molar-refractivity contribution in [2.45, 2.75) is 6.92 Å². The molecule has 15 heavy (non-hydrogen) atoms. The average Bonchev–Trinajstić information content (AvgIpc) is 2.56. The highest BCUT2D eigenvalue weighted by Crippen LogP contribution is 2.29. The zero-order valence-corrected chi connectivity index (χ0v) is 8.66. The van der Waals surface area contributed by atoms with Gasteiger partial charge in [-0.15, -0.1) is 0 Å². The van der Waals surface area contributed by atoms with E-state index in [1.807, 2.05) is 37.3 Å². The Hall–Kier alpha value is -1.96. The molecular formula is C13H13NO. The molecule has 2 rings (SSSR count). The third-order valence-electron chi connectivity index (χ3n) is 2.30. The molecule has 2 N–H and O–H groups in total. The number of nitrogens with two attached hydrogens (primary N) is 1. The normalized spacial score (nSPS) is 11.3. The van der Waals surface area contributed by atoms with Gasteiger partial charge in [-0.25, -0.2) is 0 Å². The number of furan rings is 1. The molecular weight excluding hydrogens is 186 g/mol. The quantitative estimate of drug-likeness (QED) is 0.749. The Labute approximate surface area is 88.7 Å². The second kappa shape index (κ2) is 3.65. The number of anilines is 1. The van der Waals surface area contributed by atoms with E-state index in [1.54, 1.807) is 6.08 Å². The van der Waals surface area contributed by atoms with E-state index in [2.05, 4.69) is 6.58 Å². The lowest BCUT2D eigenvalue weighted by Gasteiger charge is -1.92. The molecule has 1 heterocycles. The summed E-state index contributed by atoms with van der Waals surface area (Å²) >= 11 is 0. The summed E-state index contributed by atoms with van der Waals surface area (Å²) in [5.41, 5.74) is 8.26. The lowest BCUT2D eigenvalue weighted by Crippen LogP contribution is -1.81. The fourth-order valence-electron chi connectivity index (χ4n) is 1.64. The summed E-state index contributed by atoms with van der Waals surface area (Å²) < 4.78 is 5.63. The molecule has 0 saturated carbocycles. The highest BCUT2D eigenvalue weighted by atomic mass is 16.3. The minimum absolute atomic E-state index is 0.707. The Kier molecular flexibility index (Phi) is 2.34. The van der Waals surface area contributed by atoms with Crippen LogP contribution in [0.5, 0.6) is 0 Å². The largest absolute Gasteiger partial charge is 0.456 e. The van der Waals surface area contributed by atoms with E-state index in [1.165, 1.54) is 0 Å². The summed E-state index contributed by atoms with van der Waals surface area (Å²) in [6, 6.07) is 5.67. The van der Waals surface area contributed by atoms with E-state index in [4.69, 9.17) is 10.2 Å². The number of nitrogen functional groups attached to an aromatic ring is 1. The van der Waals surface area contributed by atoms with Gasteiger partial charge in [0, 0.05) is 22.7 Å². The Morgan fingerprint density at radius 1 is 1.40 bits per heavy atom. The Balaban J connectivity index is 2.79. The summed E-state index contributed by atoms with van der Waals surface area (Å²) in [6.07, 6.45) is 5.71. The van der Waals surface area contributed by atoms with Crippen LogP contribution in [0.2, 0.25) is 0 Å². The zero-order valence-electron chi connectivity index (χ0n) is 8.66. The van der Waals surface area contributed by atoms with Crippen LogP contribution in [-0.4, -0.2) is 0 Å². The van der Waals surface area contributed by atoms with Crippen molar-refractivity contribution in [1.82, 2.24) is 0 Å². The van der Waals surface area contributed by atoms with E-state index < -0.39 is 0 Å². The Morgan fingerprint density at radius 3 is 2.87 bits per heavy atom. The van der Waals surface area contributed by atoms with Crippen molar-refractivity contribution in [2.75, 3.05) is 5.73 Å². The van der Waals surface area contributed by atoms with Gasteiger partial charge < -0.3 is 10.2 Å². The Morgan fingerprint density at radius 2 is 2.20 bits per heavy atom. The molecule has 0 radical (unpaired) electrons. The molecule has 0 bridgehead atoms. The molecule has 76 valence electrons. The van der Waals surface area contributed by atoms with Crippen molar-refractivity contribution < 1.29 is 4.42 Å². The Bertz CT molecular complexity index is 535. The monoisotopic (exact) mass is 199 g/mol. The molecule has 0 unspecified atom stereocenters. The summed E-state index contributed by atoms with van der Waals surface area (Å²) in [4.78, 5) is 0. The van der Waals surface area contributed by atoms with Crippen molar-refractivity contribution in [3.05, 3.63) is 42.2 Å². The first-order valence-corrected chi connectivity index (χ1v) is 4.83. The van der Waals surface area contributed by atoms with Crippen LogP contribution < -0.4 is 5.73 Å². The first kappa shape index (κ1) is 9.59. The maximum absolute atomic E-state index is 5.69. The van der Waals surface area contributed by atoms with E-state index >= 15 is 0 Å². The van der Waals surface area contributed by atoms with E-state index in [-0.39, 0.29) is 0 Å². The summed E-state index contributed by atoms with van der Waals surface area (Å²) in [5, 5.41) is 1.07. The van der Waals surface area contributed by atoms with Crippen molar-refractivity contribution >= 4 is 28.8 Å². The predicted molar refractivity (Wildman–Crippen MR) is 65.4 cm³/mol. The molecule has 0 fully saturated rings. The van der Waals surface area contributed by atoms with E-state index in [9.17, 15) is 0 Å². The number of rotatable bonds is 2. The maximum Gasteiger partial charge on any atom is 0.137 e. The second-order valence-electron chi connectivity index (χ2n) is 3.34. The van der Waals surface area contributed by atoms with Crippen LogP contribution in [0.25, 0.3) is 23.1 Å². The van der Waals surface area contributed by atoms with Gasteiger partial charge in [-0.3, -0.25) is 0 Å². The van der Waals surface area contributed by atoms with Gasteiger partial charge in [0.1, 0.15) is 11.3 Å². The number of fused-ring (bicyclic) bond motifs is 1. The van der Waals surface area contributed by atoms with Gasteiger partial charge in [0.15, 0.2) is 0 Å². The molecule has 0 aliphatic heterocycles. The molecule has 0 saturated heterocycles. The number of hydrogen-bond donors (Lipinski definition) is 1. The van der Waals surface area contributed by atoms with Crippen LogP contribution in [0.15, 0.2) is 35.3 Å². The van der Waals surface area contributed by atoms with Gasteiger partial charge in [0.2, 0.25) is 0 Å². The van der Waals surface area contributed by atoms with Crippen LogP contribution in [0.1, 0.15) is 18.2 Å². The van der Waals surface area contributed by atoms with Crippen molar-refractivity contribution in [3.8, 4) is 0 Å². The van der Waals surface area contributed by atoms with Crippen LogP contribution in [0, 0.1) is 0 Å². The van der Waals surface area contributed by atoms with Crippen LogP contribution in [-0.2, 0) is 0 Å².